The van der Waals surface area contributed by atoms with E-state index in [0.29, 0.717) is 23.3 Å². The molecule has 0 bridgehead atoms. The molecule has 0 aliphatic carbocycles. The fourth-order valence-electron chi connectivity index (χ4n) is 3.52. The number of carbonyl (C=O) groups is 1. The number of carbonyl (C=O) groups excluding carboxylic acids is 1. The highest BCUT2D eigenvalue weighted by atomic mass is 16.5. The molecule has 0 unspecified atom stereocenters. The van der Waals surface area contributed by atoms with Gasteiger partial charge in [-0.05, 0) is 62.7 Å². The molecule has 0 saturated carbocycles. The second-order valence-corrected chi connectivity index (χ2v) is 7.37. The van der Waals surface area contributed by atoms with Gasteiger partial charge in [0.2, 0.25) is 0 Å². The zero-order valence-electron chi connectivity index (χ0n) is 17.6. The molecule has 0 saturated heterocycles. The van der Waals surface area contributed by atoms with Crippen LogP contribution in [-0.4, -0.2) is 20.5 Å². The van der Waals surface area contributed by atoms with Crippen molar-refractivity contribution in [1.82, 2.24) is 14.5 Å². The number of aromatic amines is 1. The van der Waals surface area contributed by atoms with E-state index in [9.17, 15) is 9.59 Å². The fourth-order valence-corrected chi connectivity index (χ4v) is 3.52. The number of ether oxygens (including phenoxy) is 1. The van der Waals surface area contributed by atoms with Crippen LogP contribution in [0.3, 0.4) is 0 Å². The van der Waals surface area contributed by atoms with Gasteiger partial charge in [0.15, 0.2) is 11.9 Å². The summed E-state index contributed by atoms with van der Waals surface area (Å²) in [7, 11) is 0. The minimum atomic E-state index is -0.694. The number of para-hydroxylation sites is 1. The van der Waals surface area contributed by atoms with Gasteiger partial charge in [0, 0.05) is 17.5 Å². The number of hydrogen-bond acceptors (Lipinski definition) is 5. The zero-order chi connectivity index (χ0) is 22.0. The SMILES string of the molecule is Cc1cc(/C=C/C(=O)O[C@H](C)c2nc3ccccc3c(=O)[nH]2)c(C)n1Cc1ccco1. The summed E-state index contributed by atoms with van der Waals surface area (Å²) in [6.07, 6.45) is 4.07. The Labute approximate surface area is 179 Å². The average molecular weight is 417 g/mol. The first-order chi connectivity index (χ1) is 14.9. The number of rotatable bonds is 6. The molecule has 158 valence electrons. The average Bonchev–Trinajstić information content (AvgIpc) is 3.36. The standard InChI is InChI=1S/C24H23N3O4/c1-15-13-18(16(2)27(15)14-19-7-6-12-30-19)10-11-22(28)31-17(3)23-25-21-9-5-4-8-20(21)24(29)26-23/h4-13,17H,14H2,1-3H3,(H,25,26,29)/b11-10+/t17-/m1/s1. The fraction of sp³-hybridized carbons (Fsp3) is 0.208. The monoisotopic (exact) mass is 417 g/mol. The topological polar surface area (TPSA) is 90.1 Å². The smallest absolute Gasteiger partial charge is 0.331 e. The van der Waals surface area contributed by atoms with Gasteiger partial charge in [-0.15, -0.1) is 0 Å². The number of aryl methyl sites for hydroxylation is 1. The number of aromatic nitrogens is 3. The van der Waals surface area contributed by atoms with Crippen molar-refractivity contribution in [3.8, 4) is 0 Å². The highest BCUT2D eigenvalue weighted by molar-refractivity contribution is 5.87. The minimum absolute atomic E-state index is 0.261. The second kappa shape index (κ2) is 8.47. The van der Waals surface area contributed by atoms with E-state index in [-0.39, 0.29) is 5.56 Å². The van der Waals surface area contributed by atoms with Crippen LogP contribution in [0.15, 0.2) is 64.0 Å². The number of nitrogens with one attached hydrogen (secondary N) is 1. The van der Waals surface area contributed by atoms with Crippen LogP contribution in [0.25, 0.3) is 17.0 Å². The molecule has 1 N–H and O–H groups in total. The van der Waals surface area contributed by atoms with E-state index in [2.05, 4.69) is 14.5 Å². The lowest BCUT2D eigenvalue weighted by atomic mass is 10.2. The van der Waals surface area contributed by atoms with Gasteiger partial charge >= 0.3 is 5.97 Å². The van der Waals surface area contributed by atoms with Gasteiger partial charge in [0.25, 0.3) is 5.56 Å². The number of benzene rings is 1. The summed E-state index contributed by atoms with van der Waals surface area (Å²) >= 11 is 0. The molecular formula is C24H23N3O4. The summed E-state index contributed by atoms with van der Waals surface area (Å²) in [5, 5.41) is 0.495. The molecule has 3 heterocycles. The number of hydrogen-bond donors (Lipinski definition) is 1. The van der Waals surface area contributed by atoms with E-state index in [1.54, 1.807) is 43.5 Å². The molecule has 31 heavy (non-hydrogen) atoms. The molecule has 1 atom stereocenters. The summed E-state index contributed by atoms with van der Waals surface area (Å²) in [5.41, 5.74) is 3.30. The molecule has 0 aliphatic heterocycles. The molecule has 0 radical (unpaired) electrons. The lowest BCUT2D eigenvalue weighted by molar-refractivity contribution is -0.142. The van der Waals surface area contributed by atoms with Gasteiger partial charge in [-0.25, -0.2) is 9.78 Å². The summed E-state index contributed by atoms with van der Waals surface area (Å²) in [5.74, 6) is 0.656. The van der Waals surface area contributed by atoms with Crippen LogP contribution in [0.1, 0.15) is 41.6 Å². The lowest BCUT2D eigenvalue weighted by Crippen LogP contribution is -2.16. The van der Waals surface area contributed by atoms with Crippen molar-refractivity contribution in [2.45, 2.75) is 33.4 Å². The van der Waals surface area contributed by atoms with Crippen LogP contribution >= 0.6 is 0 Å². The molecule has 0 fully saturated rings. The third kappa shape index (κ3) is 4.35. The number of nitrogens with zero attached hydrogens (tertiary/aromatic N) is 2. The van der Waals surface area contributed by atoms with Crippen molar-refractivity contribution < 1.29 is 13.9 Å². The Bertz CT molecular complexity index is 1310. The van der Waals surface area contributed by atoms with Gasteiger partial charge in [0.05, 0.1) is 23.7 Å². The second-order valence-electron chi connectivity index (χ2n) is 7.37. The molecule has 0 spiro atoms. The van der Waals surface area contributed by atoms with E-state index < -0.39 is 12.1 Å². The van der Waals surface area contributed by atoms with Crippen LogP contribution in [0, 0.1) is 13.8 Å². The van der Waals surface area contributed by atoms with E-state index >= 15 is 0 Å². The number of fused-ring (bicyclic) bond motifs is 1. The molecule has 4 rings (SSSR count). The predicted molar refractivity (Wildman–Crippen MR) is 118 cm³/mol. The summed E-state index contributed by atoms with van der Waals surface area (Å²) in [6.45, 7) is 6.30. The summed E-state index contributed by atoms with van der Waals surface area (Å²) in [4.78, 5) is 31.7. The molecule has 0 amide bonds. The number of H-pyrrole nitrogens is 1. The summed E-state index contributed by atoms with van der Waals surface area (Å²) in [6, 6.07) is 12.8. The third-order valence-electron chi connectivity index (χ3n) is 5.21. The van der Waals surface area contributed by atoms with E-state index in [1.807, 2.05) is 32.0 Å². The van der Waals surface area contributed by atoms with Gasteiger partial charge in [0.1, 0.15) is 5.76 Å². The van der Waals surface area contributed by atoms with Crippen molar-refractivity contribution in [2.24, 2.45) is 0 Å². The Morgan fingerprint density at radius 1 is 1.26 bits per heavy atom. The largest absolute Gasteiger partial charge is 0.467 e. The minimum Gasteiger partial charge on any atom is -0.467 e. The van der Waals surface area contributed by atoms with Gasteiger partial charge < -0.3 is 18.7 Å². The molecule has 4 aromatic rings. The van der Waals surface area contributed by atoms with Gasteiger partial charge in [-0.2, -0.15) is 0 Å². The highest BCUT2D eigenvalue weighted by Crippen LogP contribution is 2.19. The predicted octanol–water partition coefficient (Wildman–Crippen LogP) is 4.30. The molecule has 7 nitrogen and oxygen atoms in total. The first-order valence-corrected chi connectivity index (χ1v) is 9.99. The van der Waals surface area contributed by atoms with Crippen molar-refractivity contribution in [2.75, 3.05) is 0 Å². The zero-order valence-corrected chi connectivity index (χ0v) is 17.6. The first-order valence-electron chi connectivity index (χ1n) is 9.99. The van der Waals surface area contributed by atoms with Crippen LogP contribution in [0.2, 0.25) is 0 Å². The van der Waals surface area contributed by atoms with Crippen molar-refractivity contribution >= 4 is 22.9 Å². The van der Waals surface area contributed by atoms with Gasteiger partial charge in [-0.1, -0.05) is 12.1 Å². The Hall–Kier alpha value is -3.87. The molecular weight excluding hydrogens is 394 g/mol. The van der Waals surface area contributed by atoms with Crippen molar-refractivity contribution in [1.29, 1.82) is 0 Å². The number of furan rings is 1. The maximum absolute atomic E-state index is 12.4. The highest BCUT2D eigenvalue weighted by Gasteiger charge is 2.15. The van der Waals surface area contributed by atoms with Crippen LogP contribution in [0.4, 0.5) is 0 Å². The van der Waals surface area contributed by atoms with E-state index in [1.165, 1.54) is 6.08 Å². The van der Waals surface area contributed by atoms with E-state index in [0.717, 1.165) is 22.7 Å². The first kappa shape index (κ1) is 20.4. The van der Waals surface area contributed by atoms with Crippen molar-refractivity contribution in [3.05, 3.63) is 93.7 Å². The molecule has 7 heteroatoms. The molecule has 0 aliphatic rings. The van der Waals surface area contributed by atoms with Crippen LogP contribution in [0.5, 0.6) is 0 Å². The molecule has 1 aromatic carbocycles. The van der Waals surface area contributed by atoms with Gasteiger partial charge in [-0.3, -0.25) is 4.79 Å². The Balaban J connectivity index is 1.47. The molecule has 3 aromatic heterocycles. The normalized spacial score (nSPS) is 12.5. The quantitative estimate of drug-likeness (QED) is 0.373. The van der Waals surface area contributed by atoms with Crippen LogP contribution in [-0.2, 0) is 16.1 Å². The summed E-state index contributed by atoms with van der Waals surface area (Å²) < 4.78 is 13.0. The van der Waals surface area contributed by atoms with Crippen molar-refractivity contribution in [3.63, 3.8) is 0 Å². The Kier molecular flexibility index (Phi) is 5.58. The lowest BCUT2D eigenvalue weighted by Gasteiger charge is -2.11. The Morgan fingerprint density at radius 3 is 2.84 bits per heavy atom. The number of esters is 1. The van der Waals surface area contributed by atoms with Crippen LogP contribution < -0.4 is 5.56 Å². The Morgan fingerprint density at radius 2 is 2.06 bits per heavy atom. The maximum atomic E-state index is 12.4. The third-order valence-corrected chi connectivity index (χ3v) is 5.21. The van der Waals surface area contributed by atoms with E-state index in [4.69, 9.17) is 9.15 Å². The maximum Gasteiger partial charge on any atom is 0.331 e.